The number of hydrogen-bond acceptors (Lipinski definition) is 4. The van der Waals surface area contributed by atoms with Crippen LogP contribution in [0.5, 0.6) is 0 Å². The Hall–Kier alpha value is -0.160. The van der Waals surface area contributed by atoms with Crippen LogP contribution in [0, 0.1) is 0 Å². The second-order valence-electron chi connectivity index (χ2n) is 3.28. The third-order valence-corrected chi connectivity index (χ3v) is 2.04. The number of aliphatic hydroxyl groups is 2. The van der Waals surface area contributed by atoms with Gasteiger partial charge in [0.25, 0.3) is 0 Å². The van der Waals surface area contributed by atoms with Gasteiger partial charge in [-0.2, -0.15) is 0 Å². The lowest BCUT2D eigenvalue weighted by Crippen LogP contribution is -2.40. The first-order valence-corrected chi connectivity index (χ1v) is 4.93. The molecule has 0 rings (SSSR count). The van der Waals surface area contributed by atoms with Gasteiger partial charge < -0.3 is 20.8 Å². The van der Waals surface area contributed by atoms with Crippen molar-refractivity contribution < 1.29 is 10.2 Å². The first kappa shape index (κ1) is 12.8. The van der Waals surface area contributed by atoms with E-state index in [0.29, 0.717) is 0 Å². The van der Waals surface area contributed by atoms with Gasteiger partial charge in [0.2, 0.25) is 0 Å². The smallest absolute Gasteiger partial charge is 0.0584 e. The molecule has 0 heterocycles. The van der Waals surface area contributed by atoms with Gasteiger partial charge in [-0.15, -0.1) is 0 Å². The molecule has 0 aromatic carbocycles. The lowest BCUT2D eigenvalue weighted by molar-refractivity contribution is 0.234. The normalized spacial score (nSPS) is 15.7. The molecule has 80 valence electrons. The molecule has 0 radical (unpaired) electrons. The van der Waals surface area contributed by atoms with Crippen LogP contribution in [-0.4, -0.2) is 48.6 Å². The minimum absolute atomic E-state index is 0.149. The fourth-order valence-corrected chi connectivity index (χ4v) is 0.997. The van der Waals surface area contributed by atoms with Crippen molar-refractivity contribution in [2.24, 2.45) is 0 Å². The molecule has 0 aliphatic carbocycles. The molecule has 0 aromatic rings. The van der Waals surface area contributed by atoms with E-state index in [1.165, 1.54) is 0 Å². The molecule has 0 fully saturated rings. The first-order chi connectivity index (χ1) is 6.24. The van der Waals surface area contributed by atoms with E-state index in [1.807, 2.05) is 13.8 Å². The molecule has 0 aromatic heterocycles. The van der Waals surface area contributed by atoms with E-state index in [2.05, 4.69) is 10.6 Å². The summed E-state index contributed by atoms with van der Waals surface area (Å²) < 4.78 is 0. The largest absolute Gasteiger partial charge is 0.395 e. The number of rotatable bonds is 8. The summed E-state index contributed by atoms with van der Waals surface area (Å²) in [6.45, 7) is 5.96. The number of hydrogen-bond donors (Lipinski definition) is 4. The molecular weight excluding hydrogens is 168 g/mol. The van der Waals surface area contributed by atoms with Crippen molar-refractivity contribution in [2.45, 2.75) is 32.4 Å². The van der Waals surface area contributed by atoms with Crippen molar-refractivity contribution in [1.29, 1.82) is 0 Å². The predicted molar refractivity (Wildman–Crippen MR) is 53.7 cm³/mol. The van der Waals surface area contributed by atoms with E-state index in [-0.39, 0.29) is 25.3 Å². The van der Waals surface area contributed by atoms with E-state index < -0.39 is 0 Å². The lowest BCUT2D eigenvalue weighted by atomic mass is 10.2. The molecule has 2 atom stereocenters. The minimum atomic E-state index is 0.149. The zero-order valence-corrected chi connectivity index (χ0v) is 8.58. The van der Waals surface area contributed by atoms with Crippen molar-refractivity contribution in [2.75, 3.05) is 26.3 Å². The van der Waals surface area contributed by atoms with Crippen LogP contribution in [0.1, 0.15) is 20.3 Å². The van der Waals surface area contributed by atoms with Crippen LogP contribution in [0.25, 0.3) is 0 Å². The standard InChI is InChI=1S/C9H22N2O2/c1-3-9(7-13)11-5-4-10-8(2)6-12/h8-13H,3-7H2,1-2H3/t8-,9-/m0/s1. The molecule has 0 aliphatic rings. The zero-order valence-electron chi connectivity index (χ0n) is 8.58. The SMILES string of the molecule is CC[C@@H](CO)NCCN[C@@H](C)CO. The number of aliphatic hydroxyl groups excluding tert-OH is 2. The molecule has 0 spiro atoms. The molecule has 13 heavy (non-hydrogen) atoms. The lowest BCUT2D eigenvalue weighted by Gasteiger charge is -2.15. The monoisotopic (exact) mass is 190 g/mol. The van der Waals surface area contributed by atoms with Gasteiger partial charge in [-0.3, -0.25) is 0 Å². The maximum atomic E-state index is 8.86. The topological polar surface area (TPSA) is 64.5 Å². The fraction of sp³-hybridized carbons (Fsp3) is 1.00. The molecule has 4 N–H and O–H groups in total. The summed E-state index contributed by atoms with van der Waals surface area (Å²) in [6, 6.07) is 0.349. The van der Waals surface area contributed by atoms with Crippen LogP contribution in [-0.2, 0) is 0 Å². The molecule has 0 amide bonds. The summed E-state index contributed by atoms with van der Waals surface area (Å²) in [6.07, 6.45) is 0.937. The summed E-state index contributed by atoms with van der Waals surface area (Å²) in [5, 5.41) is 23.9. The average molecular weight is 190 g/mol. The summed E-state index contributed by atoms with van der Waals surface area (Å²) in [5.41, 5.74) is 0. The van der Waals surface area contributed by atoms with Crippen molar-refractivity contribution in [3.63, 3.8) is 0 Å². The summed E-state index contributed by atoms with van der Waals surface area (Å²) >= 11 is 0. The van der Waals surface area contributed by atoms with Gasteiger partial charge in [0.15, 0.2) is 0 Å². The van der Waals surface area contributed by atoms with Crippen molar-refractivity contribution >= 4 is 0 Å². The summed E-state index contributed by atoms with van der Waals surface area (Å²) in [4.78, 5) is 0. The highest BCUT2D eigenvalue weighted by Crippen LogP contribution is 1.86. The average Bonchev–Trinajstić information content (AvgIpc) is 2.18. The molecule has 0 bridgehead atoms. The maximum absolute atomic E-state index is 8.86. The van der Waals surface area contributed by atoms with Crippen LogP contribution in [0.3, 0.4) is 0 Å². The quantitative estimate of drug-likeness (QED) is 0.383. The Kier molecular flexibility index (Phi) is 8.33. The Balaban J connectivity index is 3.23. The van der Waals surface area contributed by atoms with E-state index in [0.717, 1.165) is 19.5 Å². The highest BCUT2D eigenvalue weighted by atomic mass is 16.3. The maximum Gasteiger partial charge on any atom is 0.0584 e. The van der Waals surface area contributed by atoms with Gasteiger partial charge in [0.1, 0.15) is 0 Å². The van der Waals surface area contributed by atoms with Gasteiger partial charge in [-0.25, -0.2) is 0 Å². The second kappa shape index (κ2) is 8.44. The van der Waals surface area contributed by atoms with Crippen LogP contribution >= 0.6 is 0 Å². The minimum Gasteiger partial charge on any atom is -0.395 e. The fourth-order valence-electron chi connectivity index (χ4n) is 0.997. The first-order valence-electron chi connectivity index (χ1n) is 4.93. The van der Waals surface area contributed by atoms with E-state index >= 15 is 0 Å². The Morgan fingerprint density at radius 3 is 2.15 bits per heavy atom. The molecule has 0 aliphatic heterocycles. The van der Waals surface area contributed by atoms with Crippen LogP contribution in [0.2, 0.25) is 0 Å². The molecule has 0 saturated carbocycles. The van der Waals surface area contributed by atoms with Crippen molar-refractivity contribution in [3.8, 4) is 0 Å². The molecule has 4 heteroatoms. The Morgan fingerprint density at radius 1 is 1.08 bits per heavy atom. The summed E-state index contributed by atoms with van der Waals surface area (Å²) in [5.74, 6) is 0. The third-order valence-electron chi connectivity index (χ3n) is 2.04. The Morgan fingerprint density at radius 2 is 1.69 bits per heavy atom. The van der Waals surface area contributed by atoms with Gasteiger partial charge in [-0.1, -0.05) is 6.92 Å². The predicted octanol–water partition coefficient (Wildman–Crippen LogP) is -0.683. The van der Waals surface area contributed by atoms with Crippen molar-refractivity contribution in [1.82, 2.24) is 10.6 Å². The van der Waals surface area contributed by atoms with Gasteiger partial charge in [0, 0.05) is 25.2 Å². The summed E-state index contributed by atoms with van der Waals surface area (Å²) in [7, 11) is 0. The van der Waals surface area contributed by atoms with Crippen LogP contribution < -0.4 is 10.6 Å². The van der Waals surface area contributed by atoms with Gasteiger partial charge >= 0.3 is 0 Å². The van der Waals surface area contributed by atoms with Gasteiger partial charge in [-0.05, 0) is 13.3 Å². The molecule has 4 nitrogen and oxygen atoms in total. The second-order valence-corrected chi connectivity index (χ2v) is 3.28. The Bertz CT molecular complexity index is 108. The highest BCUT2D eigenvalue weighted by Gasteiger charge is 2.02. The van der Waals surface area contributed by atoms with E-state index in [9.17, 15) is 0 Å². The zero-order chi connectivity index (χ0) is 10.1. The molecule has 0 saturated heterocycles. The van der Waals surface area contributed by atoms with Crippen LogP contribution in [0.4, 0.5) is 0 Å². The Labute approximate surface area is 80.3 Å². The van der Waals surface area contributed by atoms with E-state index in [4.69, 9.17) is 10.2 Å². The van der Waals surface area contributed by atoms with E-state index in [1.54, 1.807) is 0 Å². The third kappa shape index (κ3) is 6.95. The molecule has 0 unspecified atom stereocenters. The van der Waals surface area contributed by atoms with Crippen LogP contribution in [0.15, 0.2) is 0 Å². The highest BCUT2D eigenvalue weighted by molar-refractivity contribution is 4.65. The van der Waals surface area contributed by atoms with Crippen molar-refractivity contribution in [3.05, 3.63) is 0 Å². The number of nitrogens with one attached hydrogen (secondary N) is 2. The molecular formula is C9H22N2O2. The van der Waals surface area contributed by atoms with Gasteiger partial charge in [0.05, 0.1) is 13.2 Å².